The summed E-state index contributed by atoms with van der Waals surface area (Å²) in [6.45, 7) is 6.52. The van der Waals surface area contributed by atoms with Crippen molar-refractivity contribution in [2.75, 3.05) is 11.9 Å². The molecule has 0 radical (unpaired) electrons. The maximum atomic E-state index is 12.6. The highest BCUT2D eigenvalue weighted by molar-refractivity contribution is 6.05. The Morgan fingerprint density at radius 1 is 1.36 bits per heavy atom. The van der Waals surface area contributed by atoms with Crippen molar-refractivity contribution in [2.24, 2.45) is 5.92 Å². The average Bonchev–Trinajstić information content (AvgIpc) is 2.95. The van der Waals surface area contributed by atoms with Gasteiger partial charge in [-0.05, 0) is 24.5 Å². The van der Waals surface area contributed by atoms with Gasteiger partial charge < -0.3 is 15.2 Å². The number of carbonyl (C=O) groups is 2. The topological polar surface area (TPSA) is 93.4 Å². The standard InChI is InChI=1S/C18H23N3O4/c1-4-16-15(9-19-21(16)10-12(2)3)18(24)20-13-6-5-7-14(8-13)25-11-17(22)23/h5-9,12H,4,10-11H2,1-3H3,(H,20,24)(H,22,23). The summed E-state index contributed by atoms with van der Waals surface area (Å²) in [7, 11) is 0. The number of anilines is 1. The zero-order valence-electron chi connectivity index (χ0n) is 14.7. The molecule has 0 bridgehead atoms. The molecule has 0 saturated heterocycles. The lowest BCUT2D eigenvalue weighted by atomic mass is 10.1. The van der Waals surface area contributed by atoms with Crippen LogP contribution >= 0.6 is 0 Å². The van der Waals surface area contributed by atoms with Crippen molar-refractivity contribution in [1.29, 1.82) is 0 Å². The van der Waals surface area contributed by atoms with Crippen molar-refractivity contribution in [1.82, 2.24) is 9.78 Å². The summed E-state index contributed by atoms with van der Waals surface area (Å²) in [6, 6.07) is 6.63. The van der Waals surface area contributed by atoms with Gasteiger partial charge in [0, 0.05) is 18.3 Å². The second kappa shape index (κ2) is 8.32. The Bertz CT molecular complexity index is 753. The van der Waals surface area contributed by atoms with E-state index in [4.69, 9.17) is 9.84 Å². The third kappa shape index (κ3) is 5.07. The largest absolute Gasteiger partial charge is 0.482 e. The number of nitrogens with zero attached hydrogens (tertiary/aromatic N) is 2. The highest BCUT2D eigenvalue weighted by Crippen LogP contribution is 2.19. The number of amides is 1. The molecule has 0 aliphatic rings. The number of ether oxygens (including phenoxy) is 1. The summed E-state index contributed by atoms with van der Waals surface area (Å²) >= 11 is 0. The third-order valence-corrected chi connectivity index (χ3v) is 3.52. The molecule has 0 aliphatic carbocycles. The Morgan fingerprint density at radius 3 is 2.76 bits per heavy atom. The predicted octanol–water partition coefficient (Wildman–Crippen LogP) is 2.82. The van der Waals surface area contributed by atoms with Crippen LogP contribution in [0.4, 0.5) is 5.69 Å². The Hall–Kier alpha value is -2.83. The Morgan fingerprint density at radius 2 is 2.12 bits per heavy atom. The van der Waals surface area contributed by atoms with E-state index in [9.17, 15) is 9.59 Å². The van der Waals surface area contributed by atoms with Gasteiger partial charge in [0.2, 0.25) is 0 Å². The summed E-state index contributed by atoms with van der Waals surface area (Å²) in [5, 5.41) is 15.8. The van der Waals surface area contributed by atoms with E-state index in [2.05, 4.69) is 24.3 Å². The van der Waals surface area contributed by atoms with Crippen molar-refractivity contribution >= 4 is 17.6 Å². The first-order valence-electron chi connectivity index (χ1n) is 8.21. The molecule has 1 aromatic heterocycles. The Labute approximate surface area is 146 Å². The van der Waals surface area contributed by atoms with Gasteiger partial charge in [0.1, 0.15) is 5.75 Å². The maximum Gasteiger partial charge on any atom is 0.341 e. The van der Waals surface area contributed by atoms with Crippen LogP contribution in [0.25, 0.3) is 0 Å². The molecule has 2 aromatic rings. The summed E-state index contributed by atoms with van der Waals surface area (Å²) in [4.78, 5) is 23.1. The number of carboxylic acid groups (broad SMARTS) is 1. The fourth-order valence-corrected chi connectivity index (χ4v) is 2.48. The minimum absolute atomic E-state index is 0.248. The first-order chi connectivity index (χ1) is 11.9. The molecule has 25 heavy (non-hydrogen) atoms. The fourth-order valence-electron chi connectivity index (χ4n) is 2.48. The molecule has 1 amide bonds. The number of nitrogens with one attached hydrogen (secondary N) is 1. The third-order valence-electron chi connectivity index (χ3n) is 3.52. The molecule has 1 heterocycles. The molecule has 0 saturated carbocycles. The number of rotatable bonds is 8. The average molecular weight is 345 g/mol. The van der Waals surface area contributed by atoms with Crippen LogP contribution in [0.5, 0.6) is 5.75 Å². The molecule has 7 heteroatoms. The van der Waals surface area contributed by atoms with E-state index in [0.29, 0.717) is 29.3 Å². The Balaban J connectivity index is 2.13. The van der Waals surface area contributed by atoms with Crippen LogP contribution < -0.4 is 10.1 Å². The summed E-state index contributed by atoms with van der Waals surface area (Å²) in [5.74, 6) is -0.488. The predicted molar refractivity (Wildman–Crippen MR) is 94.0 cm³/mol. The molecule has 7 nitrogen and oxygen atoms in total. The van der Waals surface area contributed by atoms with E-state index < -0.39 is 12.6 Å². The molecular formula is C18H23N3O4. The lowest BCUT2D eigenvalue weighted by Crippen LogP contribution is -2.16. The first kappa shape index (κ1) is 18.5. The lowest BCUT2D eigenvalue weighted by molar-refractivity contribution is -0.139. The first-order valence-corrected chi connectivity index (χ1v) is 8.21. The molecule has 0 aliphatic heterocycles. The SMILES string of the molecule is CCc1c(C(=O)Nc2cccc(OCC(=O)O)c2)cnn1CC(C)C. The summed E-state index contributed by atoms with van der Waals surface area (Å²) in [6.07, 6.45) is 2.29. The van der Waals surface area contributed by atoms with Gasteiger partial charge in [-0.15, -0.1) is 0 Å². The molecule has 0 fully saturated rings. The van der Waals surface area contributed by atoms with Crippen LogP contribution in [0.2, 0.25) is 0 Å². The van der Waals surface area contributed by atoms with Crippen molar-refractivity contribution in [2.45, 2.75) is 33.7 Å². The minimum atomic E-state index is -1.06. The molecule has 134 valence electrons. The summed E-state index contributed by atoms with van der Waals surface area (Å²) < 4.78 is 6.99. The second-order valence-corrected chi connectivity index (χ2v) is 6.10. The smallest absolute Gasteiger partial charge is 0.341 e. The van der Waals surface area contributed by atoms with E-state index >= 15 is 0 Å². The van der Waals surface area contributed by atoms with Crippen LogP contribution in [0, 0.1) is 5.92 Å². The van der Waals surface area contributed by atoms with Crippen molar-refractivity contribution in [3.8, 4) is 5.75 Å². The van der Waals surface area contributed by atoms with Crippen LogP contribution in [0.15, 0.2) is 30.5 Å². The minimum Gasteiger partial charge on any atom is -0.482 e. The van der Waals surface area contributed by atoms with Crippen LogP contribution in [0.1, 0.15) is 36.8 Å². The number of hydrogen-bond donors (Lipinski definition) is 2. The summed E-state index contributed by atoms with van der Waals surface area (Å²) in [5.41, 5.74) is 1.97. The zero-order valence-corrected chi connectivity index (χ0v) is 14.7. The monoisotopic (exact) mass is 345 g/mol. The van der Waals surface area contributed by atoms with E-state index in [1.165, 1.54) is 0 Å². The Kier molecular flexibility index (Phi) is 6.16. The highest BCUT2D eigenvalue weighted by Gasteiger charge is 2.17. The van der Waals surface area contributed by atoms with Gasteiger partial charge in [-0.25, -0.2) is 4.79 Å². The molecule has 2 N–H and O–H groups in total. The molecule has 0 atom stereocenters. The number of carboxylic acids is 1. The van der Waals surface area contributed by atoms with Crippen molar-refractivity contribution in [3.05, 3.63) is 41.7 Å². The second-order valence-electron chi connectivity index (χ2n) is 6.10. The van der Waals surface area contributed by atoms with Crippen LogP contribution in [0.3, 0.4) is 0 Å². The maximum absolute atomic E-state index is 12.6. The van der Waals surface area contributed by atoms with E-state index in [0.717, 1.165) is 12.2 Å². The molecule has 0 spiro atoms. The lowest BCUT2D eigenvalue weighted by Gasteiger charge is -2.11. The van der Waals surface area contributed by atoms with Gasteiger partial charge in [0.15, 0.2) is 6.61 Å². The molecule has 1 aromatic carbocycles. The molecule has 2 rings (SSSR count). The number of carbonyl (C=O) groups excluding carboxylic acids is 1. The fraction of sp³-hybridized carbons (Fsp3) is 0.389. The van der Waals surface area contributed by atoms with Crippen molar-refractivity contribution in [3.63, 3.8) is 0 Å². The van der Waals surface area contributed by atoms with Gasteiger partial charge >= 0.3 is 5.97 Å². The van der Waals surface area contributed by atoms with Gasteiger partial charge in [-0.2, -0.15) is 5.10 Å². The van der Waals surface area contributed by atoms with E-state index in [-0.39, 0.29) is 5.91 Å². The van der Waals surface area contributed by atoms with Gasteiger partial charge in [0.25, 0.3) is 5.91 Å². The molecule has 0 unspecified atom stereocenters. The normalized spacial score (nSPS) is 10.7. The van der Waals surface area contributed by atoms with Crippen LogP contribution in [-0.4, -0.2) is 33.4 Å². The van der Waals surface area contributed by atoms with E-state index in [1.807, 2.05) is 11.6 Å². The highest BCUT2D eigenvalue weighted by atomic mass is 16.5. The number of hydrogen-bond acceptors (Lipinski definition) is 4. The number of aromatic nitrogens is 2. The van der Waals surface area contributed by atoms with Crippen LogP contribution in [-0.2, 0) is 17.8 Å². The van der Waals surface area contributed by atoms with Gasteiger partial charge in [-0.3, -0.25) is 9.48 Å². The van der Waals surface area contributed by atoms with E-state index in [1.54, 1.807) is 30.5 Å². The molecular weight excluding hydrogens is 322 g/mol. The quantitative estimate of drug-likeness (QED) is 0.767. The van der Waals surface area contributed by atoms with Gasteiger partial charge in [-0.1, -0.05) is 26.8 Å². The zero-order chi connectivity index (χ0) is 18.4. The van der Waals surface area contributed by atoms with Crippen molar-refractivity contribution < 1.29 is 19.4 Å². The number of aliphatic carboxylic acids is 1. The van der Waals surface area contributed by atoms with Gasteiger partial charge in [0.05, 0.1) is 17.5 Å². The number of benzene rings is 1.